The number of thiophene rings is 1. The third kappa shape index (κ3) is 4.24. The van der Waals surface area contributed by atoms with Crippen LogP contribution in [0.25, 0.3) is 10.2 Å². The lowest BCUT2D eigenvalue weighted by Gasteiger charge is -2.25. The molecule has 0 aliphatic carbocycles. The Morgan fingerprint density at radius 3 is 2.81 bits per heavy atom. The fourth-order valence-electron chi connectivity index (χ4n) is 3.28. The molecule has 0 bridgehead atoms. The highest BCUT2D eigenvalue weighted by Gasteiger charge is 2.17. The number of aryl methyl sites for hydroxylation is 2. The highest BCUT2D eigenvalue weighted by Crippen LogP contribution is 2.33. The van der Waals surface area contributed by atoms with Gasteiger partial charge in [0.1, 0.15) is 16.5 Å². The normalized spacial score (nSPS) is 15.4. The Labute approximate surface area is 168 Å². The Balaban J connectivity index is 1.63. The van der Waals surface area contributed by atoms with Crippen LogP contribution >= 0.6 is 22.9 Å². The van der Waals surface area contributed by atoms with Gasteiger partial charge in [0, 0.05) is 29.5 Å². The highest BCUT2D eigenvalue weighted by molar-refractivity contribution is 7.18. The Morgan fingerprint density at radius 1 is 1.22 bits per heavy atom. The van der Waals surface area contributed by atoms with Crippen molar-refractivity contribution in [3.8, 4) is 0 Å². The topological polar surface area (TPSA) is 50.3 Å². The van der Waals surface area contributed by atoms with E-state index in [4.69, 9.17) is 26.3 Å². The lowest BCUT2D eigenvalue weighted by atomic mass is 10.2. The first-order valence-electron chi connectivity index (χ1n) is 9.15. The summed E-state index contributed by atoms with van der Waals surface area (Å²) >= 11 is 7.85. The molecule has 1 saturated heterocycles. The molecular formula is C20H23ClN4OS. The van der Waals surface area contributed by atoms with Crippen LogP contribution in [0, 0.1) is 13.8 Å². The van der Waals surface area contributed by atoms with E-state index in [9.17, 15) is 0 Å². The summed E-state index contributed by atoms with van der Waals surface area (Å²) < 4.78 is 5.44. The first-order chi connectivity index (χ1) is 13.1. The molecule has 3 heterocycles. The van der Waals surface area contributed by atoms with Gasteiger partial charge in [0.25, 0.3) is 0 Å². The number of nitrogens with one attached hydrogen (secondary N) is 1. The summed E-state index contributed by atoms with van der Waals surface area (Å²) in [4.78, 5) is 14.4. The maximum absolute atomic E-state index is 6.12. The standard InChI is InChI=1S/C20H23ClN4OS/c1-13-14(2)27-20-18(13)19(22-11-15-4-3-5-16(21)10-15)23-17(24-20)12-25-6-8-26-9-7-25/h3-5,10H,6-9,11-12H2,1-2H3,(H,22,23,24). The number of halogens is 1. The largest absolute Gasteiger partial charge is 0.379 e. The molecule has 1 aromatic carbocycles. The van der Waals surface area contributed by atoms with Crippen LogP contribution < -0.4 is 5.32 Å². The number of nitrogens with zero attached hydrogens (tertiary/aromatic N) is 3. The van der Waals surface area contributed by atoms with Gasteiger partial charge in [0.05, 0.1) is 25.1 Å². The molecule has 2 aromatic heterocycles. The van der Waals surface area contributed by atoms with Crippen LogP contribution in [0.1, 0.15) is 21.8 Å². The third-order valence-corrected chi connectivity index (χ3v) is 6.23. The number of hydrogen-bond acceptors (Lipinski definition) is 6. The van der Waals surface area contributed by atoms with Crippen LogP contribution in [0.2, 0.25) is 5.02 Å². The quantitative estimate of drug-likeness (QED) is 0.685. The van der Waals surface area contributed by atoms with Crippen molar-refractivity contribution in [2.45, 2.75) is 26.9 Å². The number of ether oxygens (including phenoxy) is 1. The molecule has 5 nitrogen and oxygen atoms in total. The molecule has 0 amide bonds. The second-order valence-corrected chi connectivity index (χ2v) is 8.46. The van der Waals surface area contributed by atoms with Gasteiger partial charge >= 0.3 is 0 Å². The van der Waals surface area contributed by atoms with Crippen molar-refractivity contribution in [2.75, 3.05) is 31.6 Å². The van der Waals surface area contributed by atoms with Gasteiger partial charge in [-0.05, 0) is 37.1 Å². The van der Waals surface area contributed by atoms with Crippen LogP contribution in [-0.2, 0) is 17.8 Å². The predicted octanol–water partition coefficient (Wildman–Crippen LogP) is 4.41. The summed E-state index contributed by atoms with van der Waals surface area (Å²) in [7, 11) is 0. The minimum Gasteiger partial charge on any atom is -0.379 e. The molecule has 0 unspecified atom stereocenters. The molecule has 3 aromatic rings. The Bertz CT molecular complexity index is 953. The number of aromatic nitrogens is 2. The number of benzene rings is 1. The molecule has 1 aliphatic rings. The van der Waals surface area contributed by atoms with Crippen molar-refractivity contribution in [2.24, 2.45) is 0 Å². The monoisotopic (exact) mass is 402 g/mol. The Hall–Kier alpha value is -1.73. The average Bonchev–Trinajstić information content (AvgIpc) is 2.95. The van der Waals surface area contributed by atoms with Crippen LogP contribution in [0.5, 0.6) is 0 Å². The van der Waals surface area contributed by atoms with E-state index < -0.39 is 0 Å². The molecule has 4 rings (SSSR count). The van der Waals surface area contributed by atoms with Crippen molar-refractivity contribution in [1.82, 2.24) is 14.9 Å². The maximum atomic E-state index is 6.12. The lowest BCUT2D eigenvalue weighted by Crippen LogP contribution is -2.36. The van der Waals surface area contributed by atoms with Crippen molar-refractivity contribution >= 4 is 39.0 Å². The fraction of sp³-hybridized carbons (Fsp3) is 0.400. The van der Waals surface area contributed by atoms with E-state index in [1.165, 1.54) is 10.4 Å². The molecule has 0 atom stereocenters. The maximum Gasteiger partial charge on any atom is 0.146 e. The Kier molecular flexibility index (Phi) is 5.59. The zero-order valence-electron chi connectivity index (χ0n) is 15.6. The molecule has 27 heavy (non-hydrogen) atoms. The fourth-order valence-corrected chi connectivity index (χ4v) is 4.55. The van der Waals surface area contributed by atoms with E-state index in [2.05, 4.69) is 30.1 Å². The number of anilines is 1. The van der Waals surface area contributed by atoms with E-state index in [1.807, 2.05) is 18.2 Å². The molecule has 1 aliphatic heterocycles. The number of morpholine rings is 1. The molecule has 0 radical (unpaired) electrons. The van der Waals surface area contributed by atoms with Gasteiger partial charge in [-0.15, -0.1) is 11.3 Å². The summed E-state index contributed by atoms with van der Waals surface area (Å²) in [6.45, 7) is 9.12. The molecule has 1 fully saturated rings. The van der Waals surface area contributed by atoms with Gasteiger partial charge in [-0.1, -0.05) is 23.7 Å². The van der Waals surface area contributed by atoms with Crippen molar-refractivity contribution in [1.29, 1.82) is 0 Å². The van der Waals surface area contributed by atoms with Gasteiger partial charge in [0.15, 0.2) is 0 Å². The van der Waals surface area contributed by atoms with Gasteiger partial charge < -0.3 is 10.1 Å². The molecule has 0 saturated carbocycles. The van der Waals surface area contributed by atoms with Crippen LogP contribution in [0.15, 0.2) is 24.3 Å². The second kappa shape index (κ2) is 8.10. The van der Waals surface area contributed by atoms with E-state index in [0.29, 0.717) is 6.54 Å². The molecule has 7 heteroatoms. The molecule has 0 spiro atoms. The first-order valence-corrected chi connectivity index (χ1v) is 10.3. The third-order valence-electron chi connectivity index (χ3n) is 4.89. The summed E-state index contributed by atoms with van der Waals surface area (Å²) in [6, 6.07) is 7.91. The smallest absolute Gasteiger partial charge is 0.146 e. The molecule has 142 valence electrons. The van der Waals surface area contributed by atoms with Crippen LogP contribution in [0.4, 0.5) is 5.82 Å². The lowest BCUT2D eigenvalue weighted by molar-refractivity contribution is 0.0331. The van der Waals surface area contributed by atoms with Crippen LogP contribution in [0.3, 0.4) is 0 Å². The summed E-state index contributed by atoms with van der Waals surface area (Å²) in [5.74, 6) is 1.77. The number of rotatable bonds is 5. The van der Waals surface area contributed by atoms with Gasteiger partial charge in [0.2, 0.25) is 0 Å². The summed E-state index contributed by atoms with van der Waals surface area (Å²) in [5, 5.41) is 5.39. The zero-order valence-corrected chi connectivity index (χ0v) is 17.2. The summed E-state index contributed by atoms with van der Waals surface area (Å²) in [5.41, 5.74) is 2.38. The van der Waals surface area contributed by atoms with Crippen molar-refractivity contribution < 1.29 is 4.74 Å². The minimum absolute atomic E-state index is 0.679. The predicted molar refractivity (Wildman–Crippen MR) is 112 cm³/mol. The van der Waals surface area contributed by atoms with Crippen LogP contribution in [-0.4, -0.2) is 41.2 Å². The zero-order chi connectivity index (χ0) is 18.8. The number of hydrogen-bond donors (Lipinski definition) is 1. The van der Waals surface area contributed by atoms with Gasteiger partial charge in [-0.3, -0.25) is 4.90 Å². The number of fused-ring (bicyclic) bond motifs is 1. The Morgan fingerprint density at radius 2 is 2.04 bits per heavy atom. The van der Waals surface area contributed by atoms with Gasteiger partial charge in [-0.2, -0.15) is 0 Å². The van der Waals surface area contributed by atoms with E-state index in [-0.39, 0.29) is 0 Å². The highest BCUT2D eigenvalue weighted by atomic mass is 35.5. The average molecular weight is 403 g/mol. The molecular weight excluding hydrogens is 380 g/mol. The van der Waals surface area contributed by atoms with E-state index in [0.717, 1.165) is 65.3 Å². The molecule has 1 N–H and O–H groups in total. The summed E-state index contributed by atoms with van der Waals surface area (Å²) in [6.07, 6.45) is 0. The minimum atomic E-state index is 0.679. The van der Waals surface area contributed by atoms with Crippen molar-refractivity contribution in [3.63, 3.8) is 0 Å². The van der Waals surface area contributed by atoms with Gasteiger partial charge in [-0.25, -0.2) is 9.97 Å². The second-order valence-electron chi connectivity index (χ2n) is 6.82. The first kappa shape index (κ1) is 18.6. The van der Waals surface area contributed by atoms with E-state index in [1.54, 1.807) is 11.3 Å². The van der Waals surface area contributed by atoms with E-state index >= 15 is 0 Å². The SMILES string of the molecule is Cc1sc2nc(CN3CCOCC3)nc(NCc3cccc(Cl)c3)c2c1C. The van der Waals surface area contributed by atoms with Crippen molar-refractivity contribution in [3.05, 3.63) is 51.1 Å².